The lowest BCUT2D eigenvalue weighted by Crippen LogP contribution is -2.55. The molecule has 0 aromatic rings. The average molecular weight is 170 g/mol. The summed E-state index contributed by atoms with van der Waals surface area (Å²) in [4.78, 5) is 0. The molecule has 0 amide bonds. The van der Waals surface area contributed by atoms with Gasteiger partial charge in [0.25, 0.3) is 0 Å². The summed E-state index contributed by atoms with van der Waals surface area (Å²) in [6.45, 7) is 7.50. The lowest BCUT2D eigenvalue weighted by molar-refractivity contribution is 0.192. The normalized spacial score (nSPS) is 26.0. The predicted molar refractivity (Wildman–Crippen MR) is 53.1 cm³/mol. The summed E-state index contributed by atoms with van der Waals surface area (Å²) in [5.74, 6) is 0. The molecule has 2 heteroatoms. The summed E-state index contributed by atoms with van der Waals surface area (Å²) < 4.78 is 0. The Labute approximate surface area is 75.9 Å². The van der Waals surface area contributed by atoms with Crippen molar-refractivity contribution in [2.45, 2.75) is 57.5 Å². The zero-order valence-electron chi connectivity index (χ0n) is 8.61. The fourth-order valence-electron chi connectivity index (χ4n) is 1.42. The fraction of sp³-hybridized carbons (Fsp3) is 1.00. The molecule has 1 fully saturated rings. The second kappa shape index (κ2) is 3.35. The standard InChI is InChI=1S/C10H22N2/c1-4-9(2,11)8-12-10(3)6-5-7-10/h12H,4-8,11H2,1-3H3. The van der Waals surface area contributed by atoms with Gasteiger partial charge in [-0.1, -0.05) is 6.92 Å². The second-order valence-corrected chi connectivity index (χ2v) is 4.78. The molecule has 0 aliphatic heterocycles. The molecular formula is C10H22N2. The van der Waals surface area contributed by atoms with Crippen molar-refractivity contribution >= 4 is 0 Å². The molecule has 0 aromatic carbocycles. The van der Waals surface area contributed by atoms with Crippen molar-refractivity contribution in [3.63, 3.8) is 0 Å². The first kappa shape index (κ1) is 10.0. The zero-order chi connectivity index (χ0) is 9.24. The first-order chi connectivity index (χ1) is 5.47. The Kier molecular flexibility index (Phi) is 2.79. The van der Waals surface area contributed by atoms with Crippen molar-refractivity contribution in [3.8, 4) is 0 Å². The summed E-state index contributed by atoms with van der Waals surface area (Å²) in [6, 6.07) is 0. The van der Waals surface area contributed by atoms with E-state index in [9.17, 15) is 0 Å². The SMILES string of the molecule is CCC(C)(N)CNC1(C)CCC1. The van der Waals surface area contributed by atoms with Crippen LogP contribution in [-0.4, -0.2) is 17.6 Å². The van der Waals surface area contributed by atoms with Crippen molar-refractivity contribution in [1.82, 2.24) is 5.32 Å². The van der Waals surface area contributed by atoms with Crippen LogP contribution in [0.3, 0.4) is 0 Å². The average Bonchev–Trinajstić information content (AvgIpc) is 1.98. The molecule has 1 rings (SSSR count). The van der Waals surface area contributed by atoms with Gasteiger partial charge in [0.05, 0.1) is 0 Å². The minimum absolute atomic E-state index is 0.0292. The van der Waals surface area contributed by atoms with Gasteiger partial charge in [-0.05, 0) is 39.5 Å². The van der Waals surface area contributed by atoms with E-state index in [1.54, 1.807) is 0 Å². The molecular weight excluding hydrogens is 148 g/mol. The monoisotopic (exact) mass is 170 g/mol. The highest BCUT2D eigenvalue weighted by Crippen LogP contribution is 2.31. The quantitative estimate of drug-likeness (QED) is 0.673. The minimum Gasteiger partial charge on any atom is -0.324 e. The highest BCUT2D eigenvalue weighted by atomic mass is 15.0. The van der Waals surface area contributed by atoms with E-state index in [2.05, 4.69) is 26.1 Å². The molecule has 2 nitrogen and oxygen atoms in total. The van der Waals surface area contributed by atoms with Crippen LogP contribution in [0.5, 0.6) is 0 Å². The van der Waals surface area contributed by atoms with Crippen LogP contribution in [0, 0.1) is 0 Å². The maximum Gasteiger partial charge on any atom is 0.0249 e. The van der Waals surface area contributed by atoms with Crippen molar-refractivity contribution < 1.29 is 0 Å². The molecule has 0 bridgehead atoms. The molecule has 12 heavy (non-hydrogen) atoms. The maximum atomic E-state index is 6.04. The summed E-state index contributed by atoms with van der Waals surface area (Å²) in [6.07, 6.45) is 5.03. The van der Waals surface area contributed by atoms with Crippen LogP contribution < -0.4 is 11.1 Å². The second-order valence-electron chi connectivity index (χ2n) is 4.78. The van der Waals surface area contributed by atoms with Crippen LogP contribution in [-0.2, 0) is 0 Å². The highest BCUT2D eigenvalue weighted by Gasteiger charge is 2.32. The number of nitrogens with two attached hydrogens (primary N) is 1. The molecule has 1 unspecified atom stereocenters. The molecule has 1 aliphatic carbocycles. The topological polar surface area (TPSA) is 38.0 Å². The van der Waals surface area contributed by atoms with Crippen molar-refractivity contribution in [1.29, 1.82) is 0 Å². The van der Waals surface area contributed by atoms with Crippen molar-refractivity contribution in [2.75, 3.05) is 6.54 Å². The van der Waals surface area contributed by atoms with Crippen LogP contribution in [0.15, 0.2) is 0 Å². The van der Waals surface area contributed by atoms with Crippen molar-refractivity contribution in [3.05, 3.63) is 0 Å². The fourth-order valence-corrected chi connectivity index (χ4v) is 1.42. The summed E-state index contributed by atoms with van der Waals surface area (Å²) in [5.41, 5.74) is 6.41. The molecule has 3 N–H and O–H groups in total. The molecule has 0 radical (unpaired) electrons. The molecule has 1 aliphatic rings. The first-order valence-corrected chi connectivity index (χ1v) is 5.01. The largest absolute Gasteiger partial charge is 0.324 e. The summed E-state index contributed by atoms with van der Waals surface area (Å²) >= 11 is 0. The molecule has 1 saturated carbocycles. The first-order valence-electron chi connectivity index (χ1n) is 5.01. The minimum atomic E-state index is -0.0292. The Morgan fingerprint density at radius 3 is 2.42 bits per heavy atom. The van der Waals surface area contributed by atoms with E-state index in [1.165, 1.54) is 19.3 Å². The number of rotatable bonds is 4. The van der Waals surface area contributed by atoms with Crippen LogP contribution in [0.4, 0.5) is 0 Å². The van der Waals surface area contributed by atoms with Crippen molar-refractivity contribution in [2.24, 2.45) is 5.73 Å². The summed E-state index contributed by atoms with van der Waals surface area (Å²) in [5, 5.41) is 3.56. The van der Waals surface area contributed by atoms with Gasteiger partial charge in [-0.25, -0.2) is 0 Å². The Balaban J connectivity index is 2.24. The highest BCUT2D eigenvalue weighted by molar-refractivity contribution is 4.94. The third-order valence-electron chi connectivity index (χ3n) is 3.18. The molecule has 0 spiro atoms. The molecule has 0 aromatic heterocycles. The molecule has 0 heterocycles. The zero-order valence-corrected chi connectivity index (χ0v) is 8.61. The van der Waals surface area contributed by atoms with E-state index in [0.717, 1.165) is 13.0 Å². The van der Waals surface area contributed by atoms with Gasteiger partial charge in [0.2, 0.25) is 0 Å². The maximum absolute atomic E-state index is 6.04. The van der Waals surface area contributed by atoms with Gasteiger partial charge in [-0.15, -0.1) is 0 Å². The lowest BCUT2D eigenvalue weighted by Gasteiger charge is -2.41. The van der Waals surface area contributed by atoms with E-state index in [-0.39, 0.29) is 5.54 Å². The third-order valence-corrected chi connectivity index (χ3v) is 3.18. The number of nitrogens with one attached hydrogen (secondary N) is 1. The van der Waals surface area contributed by atoms with E-state index in [1.807, 2.05) is 0 Å². The van der Waals surface area contributed by atoms with E-state index >= 15 is 0 Å². The smallest absolute Gasteiger partial charge is 0.0249 e. The Morgan fingerprint density at radius 1 is 1.50 bits per heavy atom. The Morgan fingerprint density at radius 2 is 2.08 bits per heavy atom. The molecule has 72 valence electrons. The predicted octanol–water partition coefficient (Wildman–Crippen LogP) is 1.65. The van der Waals surface area contributed by atoms with Crippen LogP contribution >= 0.6 is 0 Å². The third kappa shape index (κ3) is 2.46. The van der Waals surface area contributed by atoms with Gasteiger partial charge in [0.15, 0.2) is 0 Å². The van der Waals surface area contributed by atoms with E-state index in [0.29, 0.717) is 5.54 Å². The van der Waals surface area contributed by atoms with Gasteiger partial charge >= 0.3 is 0 Å². The van der Waals surface area contributed by atoms with Gasteiger partial charge in [0.1, 0.15) is 0 Å². The molecule has 1 atom stereocenters. The van der Waals surface area contributed by atoms with Gasteiger partial charge < -0.3 is 11.1 Å². The molecule has 0 saturated heterocycles. The summed E-state index contributed by atoms with van der Waals surface area (Å²) in [7, 11) is 0. The van der Waals surface area contributed by atoms with Gasteiger partial charge in [-0.2, -0.15) is 0 Å². The van der Waals surface area contributed by atoms with Crippen LogP contribution in [0.25, 0.3) is 0 Å². The van der Waals surface area contributed by atoms with Gasteiger partial charge in [0, 0.05) is 17.6 Å². The van der Waals surface area contributed by atoms with Gasteiger partial charge in [-0.3, -0.25) is 0 Å². The van der Waals surface area contributed by atoms with E-state index in [4.69, 9.17) is 5.73 Å². The van der Waals surface area contributed by atoms with Crippen LogP contribution in [0.1, 0.15) is 46.5 Å². The lowest BCUT2D eigenvalue weighted by atomic mass is 9.78. The number of hydrogen-bond donors (Lipinski definition) is 2. The Hall–Kier alpha value is -0.0800. The number of hydrogen-bond acceptors (Lipinski definition) is 2. The van der Waals surface area contributed by atoms with E-state index < -0.39 is 0 Å². The van der Waals surface area contributed by atoms with Crippen LogP contribution in [0.2, 0.25) is 0 Å². The Bertz CT molecular complexity index is 136.